The molecule has 37 heavy (non-hydrogen) atoms. The molecule has 2 fully saturated rings. The zero-order valence-corrected chi connectivity index (χ0v) is 21.2. The first-order valence-corrected chi connectivity index (χ1v) is 12.5. The second-order valence-electron chi connectivity index (χ2n) is 9.73. The Bertz CT molecular complexity index is 1260. The van der Waals surface area contributed by atoms with Crippen molar-refractivity contribution >= 4 is 22.5 Å². The predicted molar refractivity (Wildman–Crippen MR) is 135 cm³/mol. The molecule has 0 radical (unpaired) electrons. The van der Waals surface area contributed by atoms with Crippen LogP contribution in [0.25, 0.3) is 11.0 Å². The Morgan fingerprint density at radius 3 is 2.51 bits per heavy atom. The van der Waals surface area contributed by atoms with Gasteiger partial charge in [0, 0.05) is 37.7 Å². The van der Waals surface area contributed by atoms with Crippen molar-refractivity contribution in [2.75, 3.05) is 63.3 Å². The largest absolute Gasteiger partial charge is 0.476 e. The molecule has 0 bridgehead atoms. The van der Waals surface area contributed by atoms with E-state index in [1.54, 1.807) is 13.8 Å². The highest BCUT2D eigenvalue weighted by Gasteiger charge is 2.25. The minimum atomic E-state index is -2.89. The Kier molecular flexibility index (Phi) is 7.34. The number of ether oxygens (including phenoxy) is 2. The minimum absolute atomic E-state index is 0.136. The van der Waals surface area contributed by atoms with Crippen molar-refractivity contribution in [2.45, 2.75) is 26.3 Å². The lowest BCUT2D eigenvalue weighted by Gasteiger charge is -2.35. The van der Waals surface area contributed by atoms with E-state index in [0.29, 0.717) is 54.3 Å². The van der Waals surface area contributed by atoms with Crippen LogP contribution in [0.4, 0.5) is 24.7 Å². The predicted octanol–water partition coefficient (Wildman–Crippen LogP) is 4.36. The van der Waals surface area contributed by atoms with Gasteiger partial charge in [0.25, 0.3) is 6.43 Å². The normalized spacial score (nSPS) is 17.8. The number of pyridine rings is 1. The molecule has 198 valence electrons. The minimum Gasteiger partial charge on any atom is -0.476 e. The molecule has 11 heteroatoms. The highest BCUT2D eigenvalue weighted by atomic mass is 19.3. The Morgan fingerprint density at radius 2 is 1.84 bits per heavy atom. The van der Waals surface area contributed by atoms with Crippen molar-refractivity contribution in [3.05, 3.63) is 47.0 Å². The third-order valence-corrected chi connectivity index (χ3v) is 6.87. The van der Waals surface area contributed by atoms with Gasteiger partial charge in [0.05, 0.1) is 36.8 Å². The number of rotatable bonds is 8. The highest BCUT2D eigenvalue weighted by molar-refractivity contribution is 5.90. The van der Waals surface area contributed by atoms with Gasteiger partial charge in [-0.1, -0.05) is 18.2 Å². The summed E-state index contributed by atoms with van der Waals surface area (Å²) in [5.41, 5.74) is 0.807. The molecule has 1 N–H and O–H groups in total. The number of nitrogens with zero attached hydrogens (tertiary/aromatic N) is 5. The summed E-state index contributed by atoms with van der Waals surface area (Å²) < 4.78 is 52.8. The van der Waals surface area contributed by atoms with E-state index in [-0.39, 0.29) is 5.56 Å². The summed E-state index contributed by atoms with van der Waals surface area (Å²) in [4.78, 5) is 18.4. The van der Waals surface area contributed by atoms with Gasteiger partial charge >= 0.3 is 0 Å². The molecule has 0 aliphatic carbocycles. The van der Waals surface area contributed by atoms with Crippen LogP contribution in [0.3, 0.4) is 0 Å². The summed E-state index contributed by atoms with van der Waals surface area (Å²) in [5.74, 6) is 0.860. The van der Waals surface area contributed by atoms with Gasteiger partial charge < -0.3 is 24.6 Å². The first kappa shape index (κ1) is 25.5. The molecule has 5 rings (SSSR count). The zero-order valence-electron chi connectivity index (χ0n) is 21.2. The fourth-order valence-corrected chi connectivity index (χ4v) is 4.56. The summed E-state index contributed by atoms with van der Waals surface area (Å²) >= 11 is 0. The number of benzene rings is 1. The molecule has 2 aliphatic heterocycles. The monoisotopic (exact) mass is 516 g/mol. The average molecular weight is 517 g/mol. The lowest BCUT2D eigenvalue weighted by molar-refractivity contribution is -0.0513. The molecule has 3 aromatic rings. The maximum absolute atomic E-state index is 14.8. The van der Waals surface area contributed by atoms with Crippen LogP contribution in [-0.2, 0) is 4.74 Å². The number of hydrogen-bond donors (Lipinski definition) is 1. The van der Waals surface area contributed by atoms with Crippen molar-refractivity contribution in [2.24, 2.45) is 5.92 Å². The van der Waals surface area contributed by atoms with E-state index in [2.05, 4.69) is 32.1 Å². The molecule has 1 aromatic carbocycles. The first-order valence-electron chi connectivity index (χ1n) is 12.5. The van der Waals surface area contributed by atoms with Gasteiger partial charge in [0.2, 0.25) is 5.88 Å². The van der Waals surface area contributed by atoms with E-state index < -0.39 is 23.8 Å². The number of aryl methyl sites for hydroxylation is 1. The molecular formula is C26H31F3N6O2. The van der Waals surface area contributed by atoms with E-state index in [9.17, 15) is 13.2 Å². The number of fused-ring (bicyclic) bond motifs is 1. The van der Waals surface area contributed by atoms with E-state index in [1.807, 2.05) is 6.07 Å². The molecule has 2 aromatic heterocycles. The van der Waals surface area contributed by atoms with Crippen molar-refractivity contribution in [3.63, 3.8) is 0 Å². The van der Waals surface area contributed by atoms with Gasteiger partial charge in [0.1, 0.15) is 23.1 Å². The van der Waals surface area contributed by atoms with Crippen molar-refractivity contribution in [3.8, 4) is 5.88 Å². The Morgan fingerprint density at radius 1 is 1.11 bits per heavy atom. The molecule has 0 amide bonds. The fourth-order valence-electron chi connectivity index (χ4n) is 4.56. The zero-order chi connectivity index (χ0) is 26.1. The molecule has 8 nitrogen and oxygen atoms in total. The van der Waals surface area contributed by atoms with Crippen LogP contribution in [0.1, 0.15) is 36.3 Å². The van der Waals surface area contributed by atoms with Crippen LogP contribution in [0, 0.1) is 18.7 Å². The maximum Gasteiger partial charge on any atom is 0.266 e. The molecule has 1 atom stereocenters. The van der Waals surface area contributed by atoms with E-state index in [0.717, 1.165) is 37.9 Å². The van der Waals surface area contributed by atoms with E-state index in [4.69, 9.17) is 14.5 Å². The molecule has 0 unspecified atom stereocenters. The number of anilines is 2. The molecule has 4 heterocycles. The number of piperazine rings is 1. The maximum atomic E-state index is 14.8. The van der Waals surface area contributed by atoms with Crippen LogP contribution >= 0.6 is 0 Å². The lowest BCUT2D eigenvalue weighted by Crippen LogP contribution is -2.44. The van der Waals surface area contributed by atoms with Crippen molar-refractivity contribution < 1.29 is 22.6 Å². The molecule has 0 spiro atoms. The third kappa shape index (κ3) is 5.42. The quantitative estimate of drug-likeness (QED) is 0.474. The van der Waals surface area contributed by atoms with E-state index >= 15 is 0 Å². The molecule has 2 saturated heterocycles. The lowest BCUT2D eigenvalue weighted by atomic mass is 10.0. The van der Waals surface area contributed by atoms with Crippen LogP contribution < -0.4 is 15.0 Å². The summed E-state index contributed by atoms with van der Waals surface area (Å²) in [6, 6.07) is 5.37. The summed E-state index contributed by atoms with van der Waals surface area (Å²) in [6.45, 7) is 8.74. The summed E-state index contributed by atoms with van der Waals surface area (Å²) in [5, 5.41) is 3.86. The van der Waals surface area contributed by atoms with Gasteiger partial charge in [-0.25, -0.2) is 23.1 Å². The highest BCUT2D eigenvalue weighted by Crippen LogP contribution is 2.35. The standard InChI is InChI=1S/C26H31F3N6O2/c1-15(18-5-4-6-19(22(18)27)23(28)29)30-24-20-11-21(35-9-7-34(3)8-10-35)26(37-14-17-12-36-13-17)33-25(20)32-16(2)31-24/h4-6,11,15,17,23H,7-10,12-14H2,1-3H3,(H,30,31,32,33)/t15-/m1/s1. The first-order chi connectivity index (χ1) is 17.8. The van der Waals surface area contributed by atoms with Crippen LogP contribution in [-0.4, -0.2) is 72.9 Å². The molecule has 0 saturated carbocycles. The van der Waals surface area contributed by atoms with Crippen molar-refractivity contribution in [1.82, 2.24) is 19.9 Å². The number of nitrogens with one attached hydrogen (secondary N) is 1. The molecular weight excluding hydrogens is 485 g/mol. The second kappa shape index (κ2) is 10.7. The molecule has 2 aliphatic rings. The Balaban J connectivity index is 1.52. The smallest absolute Gasteiger partial charge is 0.266 e. The van der Waals surface area contributed by atoms with Gasteiger partial charge in [-0.15, -0.1) is 0 Å². The third-order valence-electron chi connectivity index (χ3n) is 6.87. The fraction of sp³-hybridized carbons (Fsp3) is 0.500. The Labute approximate surface area is 213 Å². The SMILES string of the molecule is Cc1nc(N[C@H](C)c2cccc(C(F)F)c2F)c2cc(N3CCN(C)CC3)c(OCC3COC3)nc2n1. The van der Waals surface area contributed by atoms with E-state index in [1.165, 1.54) is 12.1 Å². The average Bonchev–Trinajstić information content (AvgIpc) is 2.83. The van der Waals surface area contributed by atoms with Crippen LogP contribution in [0.15, 0.2) is 24.3 Å². The summed E-state index contributed by atoms with van der Waals surface area (Å²) in [7, 11) is 2.09. The Hall–Kier alpha value is -3.18. The number of aromatic nitrogens is 3. The number of likely N-dealkylation sites (N-methyl/N-ethyl adjacent to an activating group) is 1. The van der Waals surface area contributed by atoms with Gasteiger partial charge in [-0.2, -0.15) is 4.98 Å². The second-order valence-corrected chi connectivity index (χ2v) is 9.73. The van der Waals surface area contributed by atoms with Crippen molar-refractivity contribution in [1.29, 1.82) is 0 Å². The number of hydrogen-bond acceptors (Lipinski definition) is 8. The number of alkyl halides is 2. The van der Waals surface area contributed by atoms with Gasteiger partial charge in [0.15, 0.2) is 5.65 Å². The number of halogens is 3. The van der Waals surface area contributed by atoms with Crippen LogP contribution in [0.5, 0.6) is 5.88 Å². The van der Waals surface area contributed by atoms with Gasteiger partial charge in [-0.3, -0.25) is 0 Å². The topological polar surface area (TPSA) is 75.6 Å². The summed E-state index contributed by atoms with van der Waals surface area (Å²) in [6.07, 6.45) is -2.89. The van der Waals surface area contributed by atoms with Gasteiger partial charge in [-0.05, 0) is 27.0 Å². The van der Waals surface area contributed by atoms with Crippen LogP contribution in [0.2, 0.25) is 0 Å².